The minimum Gasteiger partial charge on any atom is -0.390 e. The highest BCUT2D eigenvalue weighted by molar-refractivity contribution is 5.98. The summed E-state index contributed by atoms with van der Waals surface area (Å²) in [4.78, 5) is 26.5. The third kappa shape index (κ3) is 4.74. The molecule has 0 atom stereocenters. The smallest absolute Gasteiger partial charge is 0.390 e. The molecule has 1 fully saturated rings. The van der Waals surface area contributed by atoms with Crippen molar-refractivity contribution in [3.05, 3.63) is 36.5 Å². The molecule has 0 bridgehead atoms. The lowest BCUT2D eigenvalue weighted by Crippen LogP contribution is -2.45. The Kier molecular flexibility index (Phi) is 5.25. The lowest BCUT2D eigenvalue weighted by molar-refractivity contribution is -0.141. The number of hydrogen-bond donors (Lipinski definition) is 2. The molecule has 164 valence electrons. The van der Waals surface area contributed by atoms with E-state index in [1.165, 1.54) is 35.8 Å². The number of piperidine rings is 1. The molecule has 0 radical (unpaired) electrons. The van der Waals surface area contributed by atoms with Crippen molar-refractivity contribution in [3.63, 3.8) is 0 Å². The van der Waals surface area contributed by atoms with Gasteiger partial charge in [-0.3, -0.25) is 19.4 Å². The molecule has 1 saturated heterocycles. The number of halogens is 3. The van der Waals surface area contributed by atoms with Crippen molar-refractivity contribution in [1.29, 1.82) is 0 Å². The highest BCUT2D eigenvalue weighted by Gasteiger charge is 2.32. The summed E-state index contributed by atoms with van der Waals surface area (Å²) in [6.45, 7) is 1.07. The third-order valence-electron chi connectivity index (χ3n) is 5.12. The molecule has 0 aliphatic carbocycles. The number of carbonyl (C=O) groups excluding carboxylic acids is 1. The Morgan fingerprint density at radius 3 is 2.61 bits per heavy atom. The zero-order chi connectivity index (χ0) is 22.2. The highest BCUT2D eigenvalue weighted by Crippen LogP contribution is 2.29. The van der Waals surface area contributed by atoms with E-state index in [1.807, 2.05) is 0 Å². The van der Waals surface area contributed by atoms with Gasteiger partial charge < -0.3 is 15.3 Å². The summed E-state index contributed by atoms with van der Waals surface area (Å²) in [6.07, 6.45) is 1.95. The summed E-state index contributed by atoms with van der Waals surface area (Å²) in [5.41, 5.74) is -0.699. The summed E-state index contributed by atoms with van der Waals surface area (Å²) < 4.78 is 40.1. The number of carbonyl (C=O) groups is 1. The molecule has 3 aromatic rings. The van der Waals surface area contributed by atoms with E-state index in [2.05, 4.69) is 25.4 Å². The Bertz CT molecular complexity index is 1090. The lowest BCUT2D eigenvalue weighted by Gasteiger charge is -2.35. The van der Waals surface area contributed by atoms with Gasteiger partial charge in [0.05, 0.1) is 22.7 Å². The van der Waals surface area contributed by atoms with Crippen LogP contribution in [0, 0.1) is 0 Å². The minimum absolute atomic E-state index is 0.0171. The molecule has 31 heavy (non-hydrogen) atoms. The van der Waals surface area contributed by atoms with Gasteiger partial charge in [-0.2, -0.15) is 18.3 Å². The lowest BCUT2D eigenvalue weighted by atomic mass is 9.94. The Balaban J connectivity index is 1.68. The highest BCUT2D eigenvalue weighted by atomic mass is 19.4. The van der Waals surface area contributed by atoms with Crippen molar-refractivity contribution in [2.24, 2.45) is 0 Å². The molecule has 4 heterocycles. The van der Waals surface area contributed by atoms with Gasteiger partial charge in [0.2, 0.25) is 0 Å². The summed E-state index contributed by atoms with van der Waals surface area (Å²) in [5, 5.41) is 17.2. The number of alkyl halides is 3. The average Bonchev–Trinajstić information content (AvgIpc) is 3.03. The predicted octanol–water partition coefficient (Wildman–Crippen LogP) is 2.51. The number of rotatable bonds is 4. The predicted molar refractivity (Wildman–Crippen MR) is 105 cm³/mol. The van der Waals surface area contributed by atoms with Crippen LogP contribution >= 0.6 is 0 Å². The van der Waals surface area contributed by atoms with Crippen LogP contribution in [0.3, 0.4) is 0 Å². The SMILES string of the molecule is CC1(O)CCN(C(=O)c2cc3c(cn2)c(Nc2cnccn2)nn3CC(F)(F)F)CC1. The number of nitrogens with zero attached hydrogens (tertiary/aromatic N) is 6. The Morgan fingerprint density at radius 1 is 1.23 bits per heavy atom. The normalized spacial score (nSPS) is 16.5. The van der Waals surface area contributed by atoms with Crippen LogP contribution in [0.1, 0.15) is 30.3 Å². The van der Waals surface area contributed by atoms with Crippen LogP contribution in [0.15, 0.2) is 30.9 Å². The number of hydrogen-bond acceptors (Lipinski definition) is 7. The van der Waals surface area contributed by atoms with E-state index in [-0.39, 0.29) is 17.0 Å². The molecule has 2 N–H and O–H groups in total. The van der Waals surface area contributed by atoms with E-state index in [0.29, 0.717) is 37.1 Å². The summed E-state index contributed by atoms with van der Waals surface area (Å²) in [6, 6.07) is 1.31. The molecule has 4 rings (SSSR count). The van der Waals surface area contributed by atoms with Crippen molar-refractivity contribution in [2.75, 3.05) is 18.4 Å². The van der Waals surface area contributed by atoms with Crippen LogP contribution in [0.25, 0.3) is 10.9 Å². The van der Waals surface area contributed by atoms with Gasteiger partial charge in [-0.1, -0.05) is 0 Å². The van der Waals surface area contributed by atoms with Crippen molar-refractivity contribution in [2.45, 2.75) is 38.1 Å². The van der Waals surface area contributed by atoms with Gasteiger partial charge in [-0.15, -0.1) is 0 Å². The average molecular weight is 435 g/mol. The number of aliphatic hydroxyl groups is 1. The quantitative estimate of drug-likeness (QED) is 0.648. The van der Waals surface area contributed by atoms with Crippen LogP contribution in [-0.2, 0) is 6.54 Å². The second-order valence-electron chi connectivity index (χ2n) is 7.71. The van der Waals surface area contributed by atoms with Gasteiger partial charge >= 0.3 is 6.18 Å². The monoisotopic (exact) mass is 435 g/mol. The van der Waals surface area contributed by atoms with Crippen molar-refractivity contribution in [1.82, 2.24) is 29.6 Å². The van der Waals surface area contributed by atoms with Crippen LogP contribution in [0.4, 0.5) is 24.8 Å². The maximum atomic E-state index is 13.1. The number of amides is 1. The van der Waals surface area contributed by atoms with Gasteiger partial charge in [-0.25, -0.2) is 4.98 Å². The van der Waals surface area contributed by atoms with E-state index >= 15 is 0 Å². The molecule has 0 unspecified atom stereocenters. The number of fused-ring (bicyclic) bond motifs is 1. The van der Waals surface area contributed by atoms with E-state index in [9.17, 15) is 23.1 Å². The molecule has 1 aliphatic rings. The fourth-order valence-electron chi connectivity index (χ4n) is 3.41. The minimum atomic E-state index is -4.51. The number of nitrogens with one attached hydrogen (secondary N) is 1. The molecule has 0 spiro atoms. The van der Waals surface area contributed by atoms with Gasteiger partial charge in [0.15, 0.2) is 5.82 Å². The van der Waals surface area contributed by atoms with Gasteiger partial charge in [0.25, 0.3) is 5.91 Å². The first-order valence-corrected chi connectivity index (χ1v) is 9.59. The van der Waals surface area contributed by atoms with Crippen LogP contribution in [0.2, 0.25) is 0 Å². The van der Waals surface area contributed by atoms with Gasteiger partial charge in [0, 0.05) is 31.7 Å². The van der Waals surface area contributed by atoms with E-state index in [1.54, 1.807) is 6.92 Å². The molecule has 9 nitrogen and oxygen atoms in total. The molecule has 3 aromatic heterocycles. The summed E-state index contributed by atoms with van der Waals surface area (Å²) >= 11 is 0. The van der Waals surface area contributed by atoms with Crippen molar-refractivity contribution in [3.8, 4) is 0 Å². The van der Waals surface area contributed by atoms with Crippen molar-refractivity contribution >= 4 is 28.4 Å². The third-order valence-corrected chi connectivity index (χ3v) is 5.12. The van der Waals surface area contributed by atoms with Crippen LogP contribution in [-0.4, -0.2) is 65.5 Å². The number of anilines is 2. The van der Waals surface area contributed by atoms with Crippen molar-refractivity contribution < 1.29 is 23.1 Å². The Morgan fingerprint density at radius 2 is 1.97 bits per heavy atom. The second kappa shape index (κ2) is 7.76. The zero-order valence-corrected chi connectivity index (χ0v) is 16.6. The molecule has 0 saturated carbocycles. The molecular formula is C19H20F3N7O2. The maximum Gasteiger partial charge on any atom is 0.408 e. The van der Waals surface area contributed by atoms with E-state index in [0.717, 1.165) is 4.68 Å². The first kappa shape index (κ1) is 21.0. The topological polar surface area (TPSA) is 109 Å². The fraction of sp³-hybridized carbons (Fsp3) is 0.421. The zero-order valence-electron chi connectivity index (χ0n) is 16.6. The fourth-order valence-corrected chi connectivity index (χ4v) is 3.41. The van der Waals surface area contributed by atoms with Crippen LogP contribution < -0.4 is 5.32 Å². The first-order chi connectivity index (χ1) is 14.6. The second-order valence-corrected chi connectivity index (χ2v) is 7.71. The molecule has 1 amide bonds. The molecule has 12 heteroatoms. The maximum absolute atomic E-state index is 13.1. The number of pyridine rings is 1. The Hall–Kier alpha value is -3.28. The van der Waals surface area contributed by atoms with Gasteiger partial charge in [-0.05, 0) is 25.8 Å². The van der Waals surface area contributed by atoms with E-state index < -0.39 is 24.2 Å². The summed E-state index contributed by atoms with van der Waals surface area (Å²) in [7, 11) is 0. The van der Waals surface area contributed by atoms with E-state index in [4.69, 9.17) is 0 Å². The van der Waals surface area contributed by atoms with Crippen LogP contribution in [0.5, 0.6) is 0 Å². The van der Waals surface area contributed by atoms with Gasteiger partial charge in [0.1, 0.15) is 18.1 Å². The molecule has 1 aliphatic heterocycles. The molecule has 0 aromatic carbocycles. The molecular weight excluding hydrogens is 415 g/mol. The first-order valence-electron chi connectivity index (χ1n) is 9.59. The summed E-state index contributed by atoms with van der Waals surface area (Å²) in [5.74, 6) is 0.0300. The standard InChI is InChI=1S/C19H20F3N7O2/c1-18(31)2-6-28(7-3-18)17(30)13-8-14-12(9-25-13)16(26-15-10-23-4-5-24-15)27-29(14)11-19(20,21)22/h4-5,8-10,31H,2-3,6-7,11H2,1H3,(H,24,26,27). The number of likely N-dealkylation sites (tertiary alicyclic amines) is 1. The largest absolute Gasteiger partial charge is 0.408 e. The number of aromatic nitrogens is 5. The Labute approximate surface area is 174 Å².